The molecule has 0 aliphatic carbocycles. The molecule has 2 aromatic rings. The third kappa shape index (κ3) is 2.29. The predicted octanol–water partition coefficient (Wildman–Crippen LogP) is 1.72. The van der Waals surface area contributed by atoms with Crippen molar-refractivity contribution in [3.63, 3.8) is 0 Å². The van der Waals surface area contributed by atoms with Gasteiger partial charge in [0.05, 0.1) is 6.20 Å². The maximum atomic E-state index is 12.4. The molecule has 98 valence electrons. The number of alkyl halides is 3. The van der Waals surface area contributed by atoms with Crippen LogP contribution in [0.1, 0.15) is 6.92 Å². The summed E-state index contributed by atoms with van der Waals surface area (Å²) < 4.78 is 42.1. The Kier molecular flexibility index (Phi) is 2.97. The molecule has 9 heteroatoms. The van der Waals surface area contributed by atoms with Crippen LogP contribution in [0, 0.1) is 0 Å². The molecule has 0 amide bonds. The van der Waals surface area contributed by atoms with Gasteiger partial charge in [-0.1, -0.05) is 0 Å². The van der Waals surface area contributed by atoms with E-state index >= 15 is 0 Å². The van der Waals surface area contributed by atoms with E-state index in [9.17, 15) is 13.2 Å². The molecule has 18 heavy (non-hydrogen) atoms. The SMILES string of the molecule is CNc1nc(OC(C)C(F)(F)F)c2cn[nH]c2n1. The Morgan fingerprint density at radius 1 is 1.39 bits per heavy atom. The first-order valence-electron chi connectivity index (χ1n) is 5.04. The zero-order chi connectivity index (χ0) is 13.3. The van der Waals surface area contributed by atoms with Crippen molar-refractivity contribution in [2.24, 2.45) is 0 Å². The smallest absolute Gasteiger partial charge is 0.425 e. The van der Waals surface area contributed by atoms with E-state index in [4.69, 9.17) is 4.74 Å². The second-order valence-electron chi connectivity index (χ2n) is 3.54. The first-order valence-corrected chi connectivity index (χ1v) is 5.04. The van der Waals surface area contributed by atoms with Crippen molar-refractivity contribution in [1.29, 1.82) is 0 Å². The number of ether oxygens (including phenoxy) is 1. The minimum Gasteiger partial charge on any atom is -0.464 e. The van der Waals surface area contributed by atoms with Crippen molar-refractivity contribution >= 4 is 17.0 Å². The largest absolute Gasteiger partial charge is 0.464 e. The highest BCUT2D eigenvalue weighted by molar-refractivity contribution is 5.80. The molecule has 0 bridgehead atoms. The molecular formula is C9H10F3N5O. The van der Waals surface area contributed by atoms with Crippen LogP contribution in [0.25, 0.3) is 11.0 Å². The highest BCUT2D eigenvalue weighted by Crippen LogP contribution is 2.28. The van der Waals surface area contributed by atoms with Gasteiger partial charge < -0.3 is 10.1 Å². The summed E-state index contributed by atoms with van der Waals surface area (Å²) in [4.78, 5) is 7.82. The number of halogens is 3. The van der Waals surface area contributed by atoms with Crippen LogP contribution in [0.4, 0.5) is 19.1 Å². The van der Waals surface area contributed by atoms with Gasteiger partial charge >= 0.3 is 6.18 Å². The van der Waals surface area contributed by atoms with E-state index in [1.54, 1.807) is 7.05 Å². The number of rotatable bonds is 3. The summed E-state index contributed by atoms with van der Waals surface area (Å²) in [6, 6.07) is 0. The first-order chi connectivity index (χ1) is 8.41. The number of hydrogen-bond donors (Lipinski definition) is 2. The fraction of sp³-hybridized carbons (Fsp3) is 0.444. The number of fused-ring (bicyclic) bond motifs is 1. The van der Waals surface area contributed by atoms with Gasteiger partial charge in [-0.15, -0.1) is 0 Å². The average Bonchev–Trinajstić information content (AvgIpc) is 2.75. The Balaban J connectivity index is 2.40. The van der Waals surface area contributed by atoms with Gasteiger partial charge in [0.1, 0.15) is 5.39 Å². The lowest BCUT2D eigenvalue weighted by molar-refractivity contribution is -0.189. The molecule has 0 saturated carbocycles. The average molecular weight is 261 g/mol. The third-order valence-corrected chi connectivity index (χ3v) is 2.25. The van der Waals surface area contributed by atoms with Gasteiger partial charge in [0.25, 0.3) is 0 Å². The number of aromatic nitrogens is 4. The zero-order valence-electron chi connectivity index (χ0n) is 9.54. The lowest BCUT2D eigenvalue weighted by Gasteiger charge is -2.17. The van der Waals surface area contributed by atoms with Crippen molar-refractivity contribution in [1.82, 2.24) is 20.2 Å². The van der Waals surface area contributed by atoms with Gasteiger partial charge in [-0.25, -0.2) is 0 Å². The second kappa shape index (κ2) is 4.31. The molecule has 0 radical (unpaired) electrons. The Bertz CT molecular complexity index is 553. The van der Waals surface area contributed by atoms with Gasteiger partial charge in [0.15, 0.2) is 11.8 Å². The number of nitrogens with zero attached hydrogens (tertiary/aromatic N) is 3. The molecule has 0 fully saturated rings. The summed E-state index contributed by atoms with van der Waals surface area (Å²) in [6.45, 7) is 0.910. The van der Waals surface area contributed by atoms with Crippen LogP contribution in [0.15, 0.2) is 6.20 Å². The molecule has 0 aromatic carbocycles. The van der Waals surface area contributed by atoms with Crippen LogP contribution < -0.4 is 10.1 Å². The van der Waals surface area contributed by atoms with E-state index in [0.29, 0.717) is 11.0 Å². The molecule has 0 spiro atoms. The molecule has 1 unspecified atom stereocenters. The van der Waals surface area contributed by atoms with Crippen molar-refractivity contribution in [2.75, 3.05) is 12.4 Å². The normalized spacial score (nSPS) is 13.6. The predicted molar refractivity (Wildman–Crippen MR) is 57.4 cm³/mol. The van der Waals surface area contributed by atoms with Crippen LogP contribution in [0.5, 0.6) is 5.88 Å². The maximum absolute atomic E-state index is 12.4. The van der Waals surface area contributed by atoms with Gasteiger partial charge in [-0.05, 0) is 6.92 Å². The Morgan fingerprint density at radius 2 is 2.11 bits per heavy atom. The molecule has 6 nitrogen and oxygen atoms in total. The highest BCUT2D eigenvalue weighted by atomic mass is 19.4. The molecule has 0 saturated heterocycles. The van der Waals surface area contributed by atoms with E-state index in [-0.39, 0.29) is 11.8 Å². The molecule has 1 atom stereocenters. The molecule has 2 aromatic heterocycles. The van der Waals surface area contributed by atoms with Crippen molar-refractivity contribution < 1.29 is 17.9 Å². The fourth-order valence-corrected chi connectivity index (χ4v) is 1.24. The van der Waals surface area contributed by atoms with E-state index in [0.717, 1.165) is 6.92 Å². The van der Waals surface area contributed by atoms with Crippen LogP contribution >= 0.6 is 0 Å². The zero-order valence-corrected chi connectivity index (χ0v) is 9.54. The minimum atomic E-state index is -4.46. The first kappa shape index (κ1) is 12.4. The summed E-state index contributed by atoms with van der Waals surface area (Å²) in [5, 5.41) is 9.16. The number of anilines is 1. The van der Waals surface area contributed by atoms with Gasteiger partial charge in [-0.2, -0.15) is 28.2 Å². The topological polar surface area (TPSA) is 75.7 Å². The Labute approximate surface area is 99.6 Å². The molecule has 0 aliphatic heterocycles. The van der Waals surface area contributed by atoms with Crippen LogP contribution in [-0.4, -0.2) is 39.5 Å². The lowest BCUT2D eigenvalue weighted by atomic mass is 10.4. The number of aromatic amines is 1. The maximum Gasteiger partial charge on any atom is 0.425 e. The van der Waals surface area contributed by atoms with Crippen LogP contribution in [0.2, 0.25) is 0 Å². The Morgan fingerprint density at radius 3 is 2.72 bits per heavy atom. The fourth-order valence-electron chi connectivity index (χ4n) is 1.24. The standard InChI is InChI=1S/C9H10F3N5O/c1-4(9(10,11)12)18-7-5-3-14-17-6(5)15-8(13-2)16-7/h3-4H,1-2H3,(H2,13,14,15,16,17). The van der Waals surface area contributed by atoms with Gasteiger partial charge in [0.2, 0.25) is 11.8 Å². The number of H-pyrrole nitrogens is 1. The van der Waals surface area contributed by atoms with E-state index in [2.05, 4.69) is 25.5 Å². The van der Waals surface area contributed by atoms with Crippen molar-refractivity contribution in [3.8, 4) is 5.88 Å². The monoisotopic (exact) mass is 261 g/mol. The molecular weight excluding hydrogens is 251 g/mol. The lowest BCUT2D eigenvalue weighted by Crippen LogP contribution is -2.31. The minimum absolute atomic E-state index is 0.149. The third-order valence-electron chi connectivity index (χ3n) is 2.25. The van der Waals surface area contributed by atoms with Gasteiger partial charge in [0, 0.05) is 7.05 Å². The number of hydrogen-bond acceptors (Lipinski definition) is 5. The highest BCUT2D eigenvalue weighted by Gasteiger charge is 2.38. The van der Waals surface area contributed by atoms with Crippen LogP contribution in [-0.2, 0) is 0 Å². The summed E-state index contributed by atoms with van der Waals surface area (Å²) in [5.41, 5.74) is 0.304. The van der Waals surface area contributed by atoms with Crippen molar-refractivity contribution in [3.05, 3.63) is 6.20 Å². The van der Waals surface area contributed by atoms with E-state index < -0.39 is 12.3 Å². The second-order valence-corrected chi connectivity index (χ2v) is 3.54. The molecule has 0 aliphatic rings. The summed E-state index contributed by atoms with van der Waals surface area (Å²) >= 11 is 0. The van der Waals surface area contributed by atoms with Crippen LogP contribution in [0.3, 0.4) is 0 Å². The summed E-state index contributed by atoms with van der Waals surface area (Å²) in [5.74, 6) is -0.0148. The molecule has 2 heterocycles. The quantitative estimate of drug-likeness (QED) is 0.879. The Hall–Kier alpha value is -2.06. The van der Waals surface area contributed by atoms with E-state index in [1.165, 1.54) is 6.20 Å². The van der Waals surface area contributed by atoms with E-state index in [1.807, 2.05) is 0 Å². The molecule has 2 N–H and O–H groups in total. The summed E-state index contributed by atoms with van der Waals surface area (Å²) in [7, 11) is 1.55. The number of nitrogens with one attached hydrogen (secondary N) is 2. The molecule has 2 rings (SSSR count). The van der Waals surface area contributed by atoms with Gasteiger partial charge in [-0.3, -0.25) is 5.10 Å². The van der Waals surface area contributed by atoms with Crippen molar-refractivity contribution in [2.45, 2.75) is 19.2 Å². The summed E-state index contributed by atoms with van der Waals surface area (Å²) in [6.07, 6.45) is -5.11.